The summed E-state index contributed by atoms with van der Waals surface area (Å²) < 4.78 is 2.60. The highest BCUT2D eigenvalue weighted by Crippen LogP contribution is 2.39. The molecule has 0 saturated heterocycles. The number of benzene rings is 3. The van der Waals surface area contributed by atoms with E-state index in [9.17, 15) is 0 Å². The Bertz CT molecular complexity index is 1190. The molecule has 1 nitrogen and oxygen atoms in total. The highest BCUT2D eigenvalue weighted by molar-refractivity contribution is 7.25. The van der Waals surface area contributed by atoms with Crippen LogP contribution in [-0.2, 0) is 0 Å². The molecule has 0 radical (unpaired) electrons. The van der Waals surface area contributed by atoms with Crippen LogP contribution in [0.1, 0.15) is 0 Å². The van der Waals surface area contributed by atoms with Gasteiger partial charge in [0.15, 0.2) is 0 Å². The average Bonchev–Trinajstić information content (AvgIpc) is 2.91. The minimum atomic E-state index is 0.575. The van der Waals surface area contributed by atoms with Crippen molar-refractivity contribution in [2.24, 2.45) is 0 Å². The Labute approximate surface area is 135 Å². The van der Waals surface area contributed by atoms with E-state index in [1.807, 2.05) is 29.5 Å². The molecule has 0 atom stereocenters. The largest absolute Gasteiger partial charge is 0.235 e. The molecule has 0 aliphatic rings. The minimum absolute atomic E-state index is 0.575. The first kappa shape index (κ1) is 12.4. The average molecular weight is 320 g/mol. The Morgan fingerprint density at radius 1 is 0.682 bits per heavy atom. The summed E-state index contributed by atoms with van der Waals surface area (Å²) in [6.45, 7) is 0. The van der Waals surface area contributed by atoms with Crippen LogP contribution < -0.4 is 0 Å². The van der Waals surface area contributed by atoms with Crippen LogP contribution in [0.15, 0.2) is 60.7 Å². The molecule has 2 heterocycles. The normalized spacial score (nSPS) is 11.9. The van der Waals surface area contributed by atoms with Crippen LogP contribution in [-0.4, -0.2) is 4.98 Å². The maximum absolute atomic E-state index is 6.45. The Balaban J connectivity index is 2.07. The second-order valence-electron chi connectivity index (χ2n) is 5.41. The van der Waals surface area contributed by atoms with Crippen LogP contribution in [0.5, 0.6) is 0 Å². The molecule has 0 bridgehead atoms. The van der Waals surface area contributed by atoms with E-state index in [0.29, 0.717) is 5.15 Å². The molecule has 0 spiro atoms. The second-order valence-corrected chi connectivity index (χ2v) is 6.85. The third-order valence-corrected chi connectivity index (χ3v) is 5.57. The Kier molecular flexibility index (Phi) is 2.49. The lowest BCUT2D eigenvalue weighted by molar-refractivity contribution is 1.45. The maximum Gasteiger partial charge on any atom is 0.137 e. The van der Waals surface area contributed by atoms with Gasteiger partial charge in [-0.15, -0.1) is 11.3 Å². The molecule has 104 valence electrons. The topological polar surface area (TPSA) is 12.9 Å². The Morgan fingerprint density at radius 2 is 1.45 bits per heavy atom. The van der Waals surface area contributed by atoms with Crippen LogP contribution >= 0.6 is 22.9 Å². The fourth-order valence-corrected chi connectivity index (χ4v) is 4.50. The Morgan fingerprint density at radius 3 is 2.36 bits per heavy atom. The van der Waals surface area contributed by atoms with E-state index in [0.717, 1.165) is 16.3 Å². The number of rotatable bonds is 0. The molecule has 0 fully saturated rings. The summed E-state index contributed by atoms with van der Waals surface area (Å²) in [6.07, 6.45) is 0. The molecule has 5 aromatic rings. The van der Waals surface area contributed by atoms with Gasteiger partial charge in [0.2, 0.25) is 0 Å². The molecule has 2 aromatic heterocycles. The highest BCUT2D eigenvalue weighted by atomic mass is 35.5. The first-order valence-corrected chi connectivity index (χ1v) is 8.30. The van der Waals surface area contributed by atoms with Crippen molar-refractivity contribution in [2.75, 3.05) is 0 Å². The SMILES string of the molecule is Clc1nc2ccccc2c2cc3sc4ccccc4c3cc12. The van der Waals surface area contributed by atoms with Gasteiger partial charge in [-0.25, -0.2) is 4.98 Å². The highest BCUT2D eigenvalue weighted by Gasteiger charge is 2.11. The first-order chi connectivity index (χ1) is 10.8. The number of pyridine rings is 1. The van der Waals surface area contributed by atoms with Crippen LogP contribution in [0.4, 0.5) is 0 Å². The molecule has 0 aliphatic heterocycles. The summed E-state index contributed by atoms with van der Waals surface area (Å²) in [5.41, 5.74) is 0.945. The van der Waals surface area contributed by atoms with Gasteiger partial charge in [-0.2, -0.15) is 0 Å². The number of nitrogens with zero attached hydrogens (tertiary/aromatic N) is 1. The van der Waals surface area contributed by atoms with Crippen LogP contribution in [0.25, 0.3) is 41.8 Å². The van der Waals surface area contributed by atoms with Crippen molar-refractivity contribution >= 4 is 64.8 Å². The van der Waals surface area contributed by atoms with Crippen LogP contribution in [0.3, 0.4) is 0 Å². The lowest BCUT2D eigenvalue weighted by Crippen LogP contribution is -1.84. The molecule has 0 saturated carbocycles. The van der Waals surface area contributed by atoms with Gasteiger partial charge in [0.25, 0.3) is 0 Å². The third kappa shape index (κ3) is 1.62. The summed E-state index contributed by atoms with van der Waals surface area (Å²) in [7, 11) is 0. The molecular formula is C19H10ClNS. The van der Waals surface area contributed by atoms with Crippen molar-refractivity contribution < 1.29 is 0 Å². The number of para-hydroxylation sites is 1. The van der Waals surface area contributed by atoms with Gasteiger partial charge in [0.1, 0.15) is 5.15 Å². The zero-order chi connectivity index (χ0) is 14.7. The van der Waals surface area contributed by atoms with E-state index in [2.05, 4.69) is 47.4 Å². The number of hydrogen-bond donors (Lipinski definition) is 0. The van der Waals surface area contributed by atoms with E-state index < -0.39 is 0 Å². The molecule has 3 heteroatoms. The molecule has 0 N–H and O–H groups in total. The standard InChI is InChI=1S/C19H10ClNS/c20-19-15-9-14-12-6-2-4-8-17(12)22-18(14)10-13(15)11-5-1-3-7-16(11)21-19/h1-10H. The minimum Gasteiger partial charge on any atom is -0.235 e. The smallest absolute Gasteiger partial charge is 0.137 e. The number of fused-ring (bicyclic) bond motifs is 6. The zero-order valence-corrected chi connectivity index (χ0v) is 13.1. The molecular weight excluding hydrogens is 310 g/mol. The van der Waals surface area contributed by atoms with Crippen molar-refractivity contribution in [3.63, 3.8) is 0 Å². The lowest BCUT2D eigenvalue weighted by Gasteiger charge is -2.06. The van der Waals surface area contributed by atoms with E-state index >= 15 is 0 Å². The van der Waals surface area contributed by atoms with Crippen LogP contribution in [0.2, 0.25) is 5.15 Å². The van der Waals surface area contributed by atoms with Gasteiger partial charge in [-0.05, 0) is 29.7 Å². The monoisotopic (exact) mass is 319 g/mol. The molecule has 0 unspecified atom stereocenters. The van der Waals surface area contributed by atoms with Crippen molar-refractivity contribution in [1.82, 2.24) is 4.98 Å². The van der Waals surface area contributed by atoms with Gasteiger partial charge in [0.05, 0.1) is 5.52 Å². The zero-order valence-electron chi connectivity index (χ0n) is 11.5. The maximum atomic E-state index is 6.45. The van der Waals surface area contributed by atoms with Gasteiger partial charge >= 0.3 is 0 Å². The summed E-state index contributed by atoms with van der Waals surface area (Å²) >= 11 is 8.27. The number of aromatic nitrogens is 1. The number of thiophene rings is 1. The second kappa shape index (κ2) is 4.42. The summed E-state index contributed by atoms with van der Waals surface area (Å²) in [4.78, 5) is 4.54. The van der Waals surface area contributed by atoms with Gasteiger partial charge < -0.3 is 0 Å². The predicted molar refractivity (Wildman–Crippen MR) is 97.1 cm³/mol. The van der Waals surface area contributed by atoms with E-state index in [-0.39, 0.29) is 0 Å². The molecule has 0 aliphatic carbocycles. The summed E-state index contributed by atoms with van der Waals surface area (Å²) in [6, 6.07) is 21.1. The van der Waals surface area contributed by atoms with Crippen molar-refractivity contribution in [3.05, 3.63) is 65.8 Å². The number of hydrogen-bond acceptors (Lipinski definition) is 2. The van der Waals surface area contributed by atoms with Crippen molar-refractivity contribution in [2.45, 2.75) is 0 Å². The molecule has 5 rings (SSSR count). The van der Waals surface area contributed by atoms with Gasteiger partial charge in [-0.1, -0.05) is 48.0 Å². The Hall–Kier alpha value is -2.16. The fourth-order valence-electron chi connectivity index (χ4n) is 3.13. The number of halogens is 1. The lowest BCUT2D eigenvalue weighted by atomic mass is 10.0. The molecule has 3 aromatic carbocycles. The fraction of sp³-hybridized carbons (Fsp3) is 0. The summed E-state index contributed by atoms with van der Waals surface area (Å²) in [5.74, 6) is 0. The van der Waals surface area contributed by atoms with Crippen LogP contribution in [0, 0.1) is 0 Å². The first-order valence-electron chi connectivity index (χ1n) is 7.10. The molecule has 22 heavy (non-hydrogen) atoms. The van der Waals surface area contributed by atoms with Crippen molar-refractivity contribution in [1.29, 1.82) is 0 Å². The van der Waals surface area contributed by atoms with E-state index in [1.165, 1.54) is 25.6 Å². The van der Waals surface area contributed by atoms with Gasteiger partial charge in [0, 0.05) is 30.9 Å². The van der Waals surface area contributed by atoms with E-state index in [4.69, 9.17) is 11.6 Å². The molecule has 0 amide bonds. The third-order valence-electron chi connectivity index (χ3n) is 4.15. The van der Waals surface area contributed by atoms with Gasteiger partial charge in [-0.3, -0.25) is 0 Å². The quantitative estimate of drug-likeness (QED) is 0.237. The van der Waals surface area contributed by atoms with E-state index in [1.54, 1.807) is 0 Å². The summed E-state index contributed by atoms with van der Waals surface area (Å²) in [5, 5.41) is 6.47. The predicted octanol–water partition coefficient (Wildman–Crippen LogP) is 6.41. The van der Waals surface area contributed by atoms with Crippen molar-refractivity contribution in [3.8, 4) is 0 Å².